The van der Waals surface area contributed by atoms with Gasteiger partial charge in [0.05, 0.1) is 5.69 Å². The third-order valence-corrected chi connectivity index (χ3v) is 5.53. The van der Waals surface area contributed by atoms with Crippen LogP contribution in [0, 0.1) is 13.8 Å². The van der Waals surface area contributed by atoms with Crippen molar-refractivity contribution in [1.82, 2.24) is 4.72 Å². The summed E-state index contributed by atoms with van der Waals surface area (Å²) >= 11 is 0. The quantitative estimate of drug-likeness (QED) is 0.715. The Morgan fingerprint density at radius 3 is 2.56 bits per heavy atom. The van der Waals surface area contributed by atoms with E-state index in [4.69, 9.17) is 5.73 Å². The summed E-state index contributed by atoms with van der Waals surface area (Å²) in [6, 6.07) is 8.68. The first kappa shape index (κ1) is 17.1. The van der Waals surface area contributed by atoms with Crippen molar-refractivity contribution in [3.8, 4) is 5.75 Å². The van der Waals surface area contributed by atoms with Crippen molar-refractivity contribution < 1.29 is 18.3 Å². The molecule has 2 aromatic rings. The standard InChI is InChI=1S/C17H19N3O4S/c1-10-5-11(2)17(18)13(6-10)7-12-3-4-14(15(21)8-12)20-9-16(22)19-25(20,23)24/h3-6,8,21H,7,9,18H2,1-2H3,(H,19,22). The molecule has 0 atom stereocenters. The minimum atomic E-state index is -3.95. The van der Waals surface area contributed by atoms with Crippen LogP contribution in [-0.4, -0.2) is 26.0 Å². The third kappa shape index (κ3) is 3.25. The van der Waals surface area contributed by atoms with E-state index in [0.717, 1.165) is 26.6 Å². The average Bonchev–Trinajstić information content (AvgIpc) is 2.77. The van der Waals surface area contributed by atoms with Crippen LogP contribution >= 0.6 is 0 Å². The molecule has 8 heteroatoms. The van der Waals surface area contributed by atoms with Crippen LogP contribution in [0.2, 0.25) is 0 Å². The highest BCUT2D eigenvalue weighted by Crippen LogP contribution is 2.32. The van der Waals surface area contributed by atoms with Gasteiger partial charge in [0, 0.05) is 5.69 Å². The van der Waals surface area contributed by atoms with E-state index >= 15 is 0 Å². The summed E-state index contributed by atoms with van der Waals surface area (Å²) in [5, 5.41) is 10.3. The molecule has 0 spiro atoms. The van der Waals surface area contributed by atoms with E-state index in [1.54, 1.807) is 6.07 Å². The zero-order valence-electron chi connectivity index (χ0n) is 13.9. The molecular formula is C17H19N3O4S. The second-order valence-electron chi connectivity index (χ2n) is 6.19. The fourth-order valence-corrected chi connectivity index (χ4v) is 4.15. The number of nitrogens with one attached hydrogen (secondary N) is 1. The summed E-state index contributed by atoms with van der Waals surface area (Å²) in [4.78, 5) is 11.3. The molecule has 0 bridgehead atoms. The van der Waals surface area contributed by atoms with Gasteiger partial charge in [-0.3, -0.25) is 4.79 Å². The number of phenols is 1. The number of hydrogen-bond donors (Lipinski definition) is 3. The monoisotopic (exact) mass is 361 g/mol. The lowest BCUT2D eigenvalue weighted by Crippen LogP contribution is -2.29. The Hall–Kier alpha value is -2.74. The van der Waals surface area contributed by atoms with Gasteiger partial charge >= 0.3 is 10.2 Å². The lowest BCUT2D eigenvalue weighted by Gasteiger charge is -2.17. The first-order valence-corrected chi connectivity index (χ1v) is 9.12. The number of hydrogen-bond acceptors (Lipinski definition) is 5. The maximum atomic E-state index is 11.9. The molecule has 4 N–H and O–H groups in total. The SMILES string of the molecule is Cc1cc(C)c(N)c(Cc2ccc(N3CC(=O)NS3(=O)=O)c(O)c2)c1. The van der Waals surface area contributed by atoms with Crippen LogP contribution in [0.3, 0.4) is 0 Å². The second kappa shape index (κ2) is 5.96. The first-order valence-electron chi connectivity index (χ1n) is 7.68. The fraction of sp³-hybridized carbons (Fsp3) is 0.235. The number of phenolic OH excluding ortho intramolecular Hbond substituents is 1. The molecule has 1 aliphatic heterocycles. The number of aromatic hydroxyl groups is 1. The van der Waals surface area contributed by atoms with Gasteiger partial charge in [-0.2, -0.15) is 8.42 Å². The third-order valence-electron chi connectivity index (χ3n) is 4.14. The number of carbonyl (C=O) groups excluding carboxylic acids is 1. The highest BCUT2D eigenvalue weighted by molar-refractivity contribution is 7.92. The summed E-state index contributed by atoms with van der Waals surface area (Å²) in [6.45, 7) is 3.58. The number of aryl methyl sites for hydroxylation is 2. The molecule has 0 aromatic heterocycles. The first-order chi connectivity index (χ1) is 11.7. The van der Waals surface area contributed by atoms with Crippen LogP contribution in [0.1, 0.15) is 22.3 Å². The largest absolute Gasteiger partial charge is 0.506 e. The molecular weight excluding hydrogens is 342 g/mol. The van der Waals surface area contributed by atoms with Gasteiger partial charge in [0.2, 0.25) is 0 Å². The van der Waals surface area contributed by atoms with Crippen LogP contribution in [0.25, 0.3) is 0 Å². The van der Waals surface area contributed by atoms with Gasteiger partial charge in [-0.15, -0.1) is 0 Å². The highest BCUT2D eigenvalue weighted by atomic mass is 32.2. The summed E-state index contributed by atoms with van der Waals surface area (Å²) in [6.07, 6.45) is 0.506. The predicted molar refractivity (Wildman–Crippen MR) is 95.6 cm³/mol. The highest BCUT2D eigenvalue weighted by Gasteiger charge is 2.35. The molecule has 1 saturated heterocycles. The number of carbonyl (C=O) groups is 1. The van der Waals surface area contributed by atoms with Gasteiger partial charge in [-0.05, 0) is 49.1 Å². The van der Waals surface area contributed by atoms with Crippen LogP contribution in [0.15, 0.2) is 30.3 Å². The minimum Gasteiger partial charge on any atom is -0.506 e. The molecule has 1 heterocycles. The van der Waals surface area contributed by atoms with E-state index in [0.29, 0.717) is 12.1 Å². The van der Waals surface area contributed by atoms with Gasteiger partial charge < -0.3 is 10.8 Å². The van der Waals surface area contributed by atoms with Gasteiger partial charge in [-0.25, -0.2) is 9.03 Å². The molecule has 1 aliphatic rings. The van der Waals surface area contributed by atoms with E-state index in [1.807, 2.05) is 30.7 Å². The van der Waals surface area contributed by atoms with Gasteiger partial charge in [0.25, 0.3) is 5.91 Å². The molecule has 3 rings (SSSR count). The number of anilines is 2. The van der Waals surface area contributed by atoms with Crippen molar-refractivity contribution >= 4 is 27.5 Å². The number of nitrogens with zero attached hydrogens (tertiary/aromatic N) is 1. The second-order valence-corrected chi connectivity index (χ2v) is 7.79. The molecule has 1 fully saturated rings. The maximum Gasteiger partial charge on any atom is 0.326 e. The van der Waals surface area contributed by atoms with Crippen LogP contribution < -0.4 is 14.8 Å². The molecule has 0 saturated carbocycles. The van der Waals surface area contributed by atoms with Crippen LogP contribution in [-0.2, 0) is 21.4 Å². The Labute approximate surface area is 146 Å². The molecule has 1 amide bonds. The van der Waals surface area contributed by atoms with Crippen molar-refractivity contribution in [2.24, 2.45) is 0 Å². The number of amides is 1. The minimum absolute atomic E-state index is 0.0653. The zero-order chi connectivity index (χ0) is 18.4. The predicted octanol–water partition coefficient (Wildman–Crippen LogP) is 1.36. The van der Waals surface area contributed by atoms with E-state index in [-0.39, 0.29) is 18.0 Å². The molecule has 0 aliphatic carbocycles. The van der Waals surface area contributed by atoms with Crippen molar-refractivity contribution in [3.05, 3.63) is 52.6 Å². The normalized spacial score (nSPS) is 16.1. The molecule has 0 radical (unpaired) electrons. The van der Waals surface area contributed by atoms with Crippen LogP contribution in [0.5, 0.6) is 5.75 Å². The van der Waals surface area contributed by atoms with Gasteiger partial charge in [0.15, 0.2) is 0 Å². The molecule has 7 nitrogen and oxygen atoms in total. The fourth-order valence-electron chi connectivity index (χ4n) is 2.98. The maximum absolute atomic E-state index is 11.9. The summed E-state index contributed by atoms with van der Waals surface area (Å²) < 4.78 is 26.5. The Kier molecular flexibility index (Phi) is 4.08. The van der Waals surface area contributed by atoms with Crippen molar-refractivity contribution in [1.29, 1.82) is 0 Å². The lowest BCUT2D eigenvalue weighted by molar-refractivity contribution is -0.117. The molecule has 0 unspecified atom stereocenters. The zero-order valence-corrected chi connectivity index (χ0v) is 14.7. The van der Waals surface area contributed by atoms with E-state index in [1.165, 1.54) is 12.1 Å². The number of nitrogens with two attached hydrogens (primary N) is 1. The van der Waals surface area contributed by atoms with Crippen molar-refractivity contribution in [2.45, 2.75) is 20.3 Å². The van der Waals surface area contributed by atoms with E-state index in [9.17, 15) is 18.3 Å². The smallest absolute Gasteiger partial charge is 0.326 e. The topological polar surface area (TPSA) is 113 Å². The van der Waals surface area contributed by atoms with Crippen molar-refractivity contribution in [3.63, 3.8) is 0 Å². The Morgan fingerprint density at radius 1 is 1.24 bits per heavy atom. The van der Waals surface area contributed by atoms with Crippen LogP contribution in [0.4, 0.5) is 11.4 Å². The number of nitrogen functional groups attached to an aromatic ring is 1. The van der Waals surface area contributed by atoms with Crippen molar-refractivity contribution in [2.75, 3.05) is 16.6 Å². The molecule has 132 valence electrons. The molecule has 2 aromatic carbocycles. The summed E-state index contributed by atoms with van der Waals surface area (Å²) in [5.41, 5.74) is 10.7. The summed E-state index contributed by atoms with van der Waals surface area (Å²) in [5.74, 6) is -0.841. The van der Waals surface area contributed by atoms with E-state index < -0.39 is 16.1 Å². The van der Waals surface area contributed by atoms with Gasteiger partial charge in [-0.1, -0.05) is 23.8 Å². The molecule has 25 heavy (non-hydrogen) atoms. The number of benzene rings is 2. The Balaban J connectivity index is 1.92. The summed E-state index contributed by atoms with van der Waals surface area (Å²) in [7, 11) is -3.95. The van der Waals surface area contributed by atoms with E-state index in [2.05, 4.69) is 0 Å². The number of rotatable bonds is 3. The average molecular weight is 361 g/mol. The Bertz CT molecular complexity index is 970. The Morgan fingerprint density at radius 2 is 1.96 bits per heavy atom. The van der Waals surface area contributed by atoms with Gasteiger partial charge in [0.1, 0.15) is 12.3 Å². The lowest BCUT2D eigenvalue weighted by atomic mass is 9.98.